The smallest absolute Gasteiger partial charge is 0.262 e. The molecule has 1 aliphatic rings. The van der Waals surface area contributed by atoms with E-state index in [1.807, 2.05) is 42.7 Å². The molecule has 0 N–H and O–H groups in total. The van der Waals surface area contributed by atoms with Crippen LogP contribution in [0.3, 0.4) is 0 Å². The number of hydrogen-bond donors (Lipinski definition) is 0. The first-order valence-electron chi connectivity index (χ1n) is 7.71. The molecule has 0 bridgehead atoms. The minimum Gasteiger partial charge on any atom is -0.361 e. The van der Waals surface area contributed by atoms with Crippen LogP contribution < -0.4 is 5.56 Å². The highest BCUT2D eigenvalue weighted by Gasteiger charge is 2.28. The minimum atomic E-state index is 0.0689. The summed E-state index contributed by atoms with van der Waals surface area (Å²) in [4.78, 5) is 17.5. The van der Waals surface area contributed by atoms with E-state index in [1.165, 1.54) is 0 Å². The molecular formula is C17H17N3O2S. The molecular weight excluding hydrogens is 310 g/mol. The van der Waals surface area contributed by atoms with Gasteiger partial charge in [-0.25, -0.2) is 4.98 Å². The summed E-state index contributed by atoms with van der Waals surface area (Å²) in [6.45, 7) is 3.85. The van der Waals surface area contributed by atoms with E-state index in [0.717, 1.165) is 40.5 Å². The molecule has 0 amide bonds. The molecule has 0 radical (unpaired) electrons. The van der Waals surface area contributed by atoms with Gasteiger partial charge in [0.15, 0.2) is 5.16 Å². The number of aromatic nitrogens is 3. The molecule has 1 aromatic carbocycles. The van der Waals surface area contributed by atoms with Gasteiger partial charge in [0, 0.05) is 17.4 Å². The van der Waals surface area contributed by atoms with Crippen LogP contribution >= 0.6 is 11.8 Å². The second-order valence-electron chi connectivity index (χ2n) is 5.91. The normalized spacial score (nSPS) is 14.5. The van der Waals surface area contributed by atoms with Crippen LogP contribution in [0.15, 0.2) is 38.7 Å². The van der Waals surface area contributed by atoms with Crippen LogP contribution in [0.4, 0.5) is 0 Å². The van der Waals surface area contributed by atoms with Crippen molar-refractivity contribution >= 4 is 22.7 Å². The molecule has 1 aliphatic carbocycles. The van der Waals surface area contributed by atoms with E-state index in [0.29, 0.717) is 17.2 Å². The Morgan fingerprint density at radius 2 is 2.09 bits per heavy atom. The van der Waals surface area contributed by atoms with Crippen LogP contribution in [0, 0.1) is 13.8 Å². The van der Waals surface area contributed by atoms with Crippen LogP contribution in [-0.2, 0) is 5.75 Å². The van der Waals surface area contributed by atoms with E-state index in [9.17, 15) is 4.79 Å². The summed E-state index contributed by atoms with van der Waals surface area (Å²) >= 11 is 1.58. The van der Waals surface area contributed by atoms with Crippen LogP contribution in [-0.4, -0.2) is 14.7 Å². The molecule has 0 atom stereocenters. The third-order valence-corrected chi connectivity index (χ3v) is 5.19. The Labute approximate surface area is 137 Å². The lowest BCUT2D eigenvalue weighted by Crippen LogP contribution is -2.22. The van der Waals surface area contributed by atoms with Gasteiger partial charge < -0.3 is 4.52 Å². The fraction of sp³-hybridized carbons (Fsp3) is 0.353. The number of fused-ring (bicyclic) bond motifs is 1. The van der Waals surface area contributed by atoms with Crippen molar-refractivity contribution in [2.75, 3.05) is 0 Å². The molecule has 0 saturated heterocycles. The molecule has 1 fully saturated rings. The lowest BCUT2D eigenvalue weighted by molar-refractivity contribution is 0.392. The second-order valence-corrected chi connectivity index (χ2v) is 6.85. The molecule has 0 spiro atoms. The van der Waals surface area contributed by atoms with Gasteiger partial charge in [0.05, 0.1) is 16.6 Å². The molecule has 6 heteroatoms. The predicted molar refractivity (Wildman–Crippen MR) is 89.8 cm³/mol. The molecule has 3 aromatic rings. The minimum absolute atomic E-state index is 0.0689. The van der Waals surface area contributed by atoms with Gasteiger partial charge in [0.1, 0.15) is 5.76 Å². The molecule has 0 aliphatic heterocycles. The van der Waals surface area contributed by atoms with Gasteiger partial charge >= 0.3 is 0 Å². The number of thioether (sulfide) groups is 1. The van der Waals surface area contributed by atoms with Crippen molar-refractivity contribution in [3.8, 4) is 0 Å². The van der Waals surface area contributed by atoms with Crippen molar-refractivity contribution in [3.05, 3.63) is 51.6 Å². The highest BCUT2D eigenvalue weighted by atomic mass is 32.2. The summed E-state index contributed by atoms with van der Waals surface area (Å²) in [5.41, 5.74) is 2.81. The molecule has 0 unspecified atom stereocenters. The fourth-order valence-electron chi connectivity index (χ4n) is 2.73. The van der Waals surface area contributed by atoms with E-state index < -0.39 is 0 Å². The Morgan fingerprint density at radius 3 is 2.78 bits per heavy atom. The Kier molecular flexibility index (Phi) is 3.49. The van der Waals surface area contributed by atoms with Crippen LogP contribution in [0.2, 0.25) is 0 Å². The summed E-state index contributed by atoms with van der Waals surface area (Å²) in [5.74, 6) is 1.54. The van der Waals surface area contributed by atoms with E-state index in [1.54, 1.807) is 11.8 Å². The third-order valence-electron chi connectivity index (χ3n) is 4.21. The van der Waals surface area contributed by atoms with Crippen LogP contribution in [0.1, 0.15) is 35.9 Å². The average molecular weight is 327 g/mol. The number of rotatable bonds is 4. The lowest BCUT2D eigenvalue weighted by atomic mass is 10.2. The van der Waals surface area contributed by atoms with E-state index in [2.05, 4.69) is 5.16 Å². The zero-order valence-corrected chi connectivity index (χ0v) is 13.9. The third kappa shape index (κ3) is 2.57. The van der Waals surface area contributed by atoms with E-state index in [-0.39, 0.29) is 5.56 Å². The number of aryl methyl sites for hydroxylation is 2. The zero-order chi connectivity index (χ0) is 16.0. The summed E-state index contributed by atoms with van der Waals surface area (Å²) in [7, 11) is 0. The number of hydrogen-bond acceptors (Lipinski definition) is 5. The molecule has 1 saturated carbocycles. The SMILES string of the molecule is Cc1noc(C)c1CSc1nc2ccccc2c(=O)n1C1CC1. The molecule has 2 heterocycles. The first-order valence-corrected chi connectivity index (χ1v) is 8.69. The summed E-state index contributed by atoms with van der Waals surface area (Å²) in [6.07, 6.45) is 2.11. The standard InChI is InChI=1S/C17H17N3O2S/c1-10-14(11(2)22-19-10)9-23-17-18-15-6-4-3-5-13(15)16(21)20(17)12-7-8-12/h3-6,12H,7-9H2,1-2H3. The van der Waals surface area contributed by atoms with Crippen molar-refractivity contribution in [2.24, 2.45) is 0 Å². The Bertz CT molecular complexity index is 921. The number of nitrogens with zero attached hydrogens (tertiary/aromatic N) is 3. The maximum absolute atomic E-state index is 12.8. The monoisotopic (exact) mass is 327 g/mol. The van der Waals surface area contributed by atoms with Crippen molar-refractivity contribution in [1.82, 2.24) is 14.7 Å². The van der Waals surface area contributed by atoms with Crippen molar-refractivity contribution in [3.63, 3.8) is 0 Å². The Balaban J connectivity index is 1.76. The first-order chi connectivity index (χ1) is 11.1. The van der Waals surface area contributed by atoms with Gasteiger partial charge in [0.25, 0.3) is 5.56 Å². The largest absolute Gasteiger partial charge is 0.361 e. The van der Waals surface area contributed by atoms with E-state index >= 15 is 0 Å². The van der Waals surface area contributed by atoms with Crippen molar-refractivity contribution in [2.45, 2.75) is 43.6 Å². The van der Waals surface area contributed by atoms with Crippen LogP contribution in [0.25, 0.3) is 10.9 Å². The average Bonchev–Trinajstić information content (AvgIpc) is 3.33. The van der Waals surface area contributed by atoms with Crippen molar-refractivity contribution < 1.29 is 4.52 Å². The fourth-order valence-corrected chi connectivity index (χ4v) is 3.95. The molecule has 23 heavy (non-hydrogen) atoms. The Morgan fingerprint density at radius 1 is 1.30 bits per heavy atom. The predicted octanol–water partition coefficient (Wildman–Crippen LogP) is 3.63. The summed E-state index contributed by atoms with van der Waals surface area (Å²) < 4.78 is 7.08. The summed E-state index contributed by atoms with van der Waals surface area (Å²) in [5, 5.41) is 5.47. The van der Waals surface area contributed by atoms with Gasteiger partial charge in [-0.15, -0.1) is 0 Å². The van der Waals surface area contributed by atoms with E-state index in [4.69, 9.17) is 9.51 Å². The van der Waals surface area contributed by atoms with Crippen molar-refractivity contribution in [1.29, 1.82) is 0 Å². The van der Waals surface area contributed by atoms with Crippen LogP contribution in [0.5, 0.6) is 0 Å². The molecule has 2 aromatic heterocycles. The van der Waals surface area contributed by atoms with Gasteiger partial charge in [-0.1, -0.05) is 29.1 Å². The topological polar surface area (TPSA) is 60.9 Å². The second kappa shape index (κ2) is 5.53. The maximum Gasteiger partial charge on any atom is 0.262 e. The number of benzene rings is 1. The lowest BCUT2D eigenvalue weighted by Gasteiger charge is -2.12. The first kappa shape index (κ1) is 14.5. The molecule has 5 nitrogen and oxygen atoms in total. The highest BCUT2D eigenvalue weighted by Crippen LogP contribution is 2.37. The van der Waals surface area contributed by atoms with Gasteiger partial charge in [-0.2, -0.15) is 0 Å². The number of para-hydroxylation sites is 1. The van der Waals surface area contributed by atoms with Gasteiger partial charge in [0.2, 0.25) is 0 Å². The van der Waals surface area contributed by atoms with Gasteiger partial charge in [-0.05, 0) is 38.8 Å². The molecule has 118 valence electrons. The zero-order valence-electron chi connectivity index (χ0n) is 13.1. The Hall–Kier alpha value is -2.08. The highest BCUT2D eigenvalue weighted by molar-refractivity contribution is 7.98. The summed E-state index contributed by atoms with van der Waals surface area (Å²) in [6, 6.07) is 7.85. The maximum atomic E-state index is 12.8. The quantitative estimate of drug-likeness (QED) is 0.541. The molecule has 4 rings (SSSR count). The van der Waals surface area contributed by atoms with Gasteiger partial charge in [-0.3, -0.25) is 9.36 Å².